The minimum atomic E-state index is -0.493. The van der Waals surface area contributed by atoms with Gasteiger partial charge in [-0.25, -0.2) is 4.98 Å². The average Bonchev–Trinajstić information content (AvgIpc) is 2.95. The molecular weight excluding hydrogens is 478 g/mol. The number of ether oxygens (including phenoxy) is 1. The Bertz CT molecular complexity index is 1260. The van der Waals surface area contributed by atoms with Gasteiger partial charge >= 0.3 is 12.0 Å². The quantitative estimate of drug-likeness (QED) is 0.373. The highest BCUT2D eigenvalue weighted by atomic mass is 16.6. The standard InChI is InChI=1S/C29H33N7O2/c1-36(2,29(37)38-24-18-10-5-11-19-24)28-33-26(31-22-14-6-3-7-15-22)32-27(34-28)35(23-16-8-4-9-17-23)25-20-12-13-21-30-25/h4-5,8-10,12-13,16-22H,3,6-7,11,14-15H2,1-2H3,(H,31,32,33,34)/q+1. The van der Waals surface area contributed by atoms with E-state index in [1.807, 2.05) is 72.0 Å². The van der Waals surface area contributed by atoms with Crippen LogP contribution in [0.5, 0.6) is 0 Å². The smallest absolute Gasteiger partial charge is 0.381 e. The van der Waals surface area contributed by atoms with Crippen LogP contribution in [-0.4, -0.2) is 46.2 Å². The van der Waals surface area contributed by atoms with Gasteiger partial charge in [-0.05, 0) is 62.1 Å². The maximum Gasteiger partial charge on any atom is 0.528 e. The molecule has 38 heavy (non-hydrogen) atoms. The second kappa shape index (κ2) is 11.5. The number of carbonyl (C=O) groups is 1. The molecule has 9 nitrogen and oxygen atoms in total. The van der Waals surface area contributed by atoms with Gasteiger partial charge in [0.1, 0.15) is 11.6 Å². The summed E-state index contributed by atoms with van der Waals surface area (Å²) in [5.74, 6) is 2.23. The molecule has 1 amide bonds. The minimum absolute atomic E-state index is 0.266. The first-order chi connectivity index (χ1) is 18.5. The van der Waals surface area contributed by atoms with E-state index in [2.05, 4.69) is 10.3 Å². The molecule has 0 spiro atoms. The monoisotopic (exact) mass is 511 g/mol. The van der Waals surface area contributed by atoms with Crippen molar-refractivity contribution < 1.29 is 9.53 Å². The Kier molecular flexibility index (Phi) is 7.74. The fraction of sp³-hybridized carbons (Fsp3) is 0.310. The largest absolute Gasteiger partial charge is 0.528 e. The number of nitrogens with zero attached hydrogens (tertiary/aromatic N) is 6. The Morgan fingerprint density at radius 3 is 2.50 bits per heavy atom. The van der Waals surface area contributed by atoms with E-state index in [0.29, 0.717) is 29.9 Å². The number of rotatable bonds is 7. The summed E-state index contributed by atoms with van der Waals surface area (Å²) < 4.78 is 5.39. The van der Waals surface area contributed by atoms with E-state index in [9.17, 15) is 4.79 Å². The molecule has 1 aromatic carbocycles. The normalized spacial score (nSPS) is 16.0. The molecule has 2 heterocycles. The lowest BCUT2D eigenvalue weighted by Gasteiger charge is -2.27. The first kappa shape index (κ1) is 25.5. The van der Waals surface area contributed by atoms with E-state index >= 15 is 0 Å². The predicted octanol–water partition coefficient (Wildman–Crippen LogP) is 6.23. The second-order valence-corrected chi connectivity index (χ2v) is 9.86. The van der Waals surface area contributed by atoms with Crippen LogP contribution in [0, 0.1) is 6.42 Å². The van der Waals surface area contributed by atoms with Crippen molar-refractivity contribution >= 4 is 35.4 Å². The predicted molar refractivity (Wildman–Crippen MR) is 149 cm³/mol. The van der Waals surface area contributed by atoms with Crippen molar-refractivity contribution in [3.05, 3.63) is 85.1 Å². The molecule has 0 bridgehead atoms. The van der Waals surface area contributed by atoms with Crippen molar-refractivity contribution in [3.63, 3.8) is 0 Å². The van der Waals surface area contributed by atoms with Crippen LogP contribution in [-0.2, 0) is 4.74 Å². The summed E-state index contributed by atoms with van der Waals surface area (Å²) in [6, 6.07) is 15.8. The van der Waals surface area contributed by atoms with Gasteiger partial charge in [0, 0.05) is 12.2 Å². The molecule has 1 radical (unpaired) electrons. The number of benzene rings is 1. The Morgan fingerprint density at radius 1 is 1.00 bits per heavy atom. The number of amides is 1. The van der Waals surface area contributed by atoms with Gasteiger partial charge in [0.15, 0.2) is 0 Å². The highest BCUT2D eigenvalue weighted by Gasteiger charge is 2.38. The van der Waals surface area contributed by atoms with Gasteiger partial charge < -0.3 is 10.1 Å². The second-order valence-electron chi connectivity index (χ2n) is 9.86. The van der Waals surface area contributed by atoms with Crippen molar-refractivity contribution in [2.45, 2.75) is 44.6 Å². The van der Waals surface area contributed by atoms with E-state index in [-0.39, 0.29) is 16.5 Å². The van der Waals surface area contributed by atoms with Crippen molar-refractivity contribution in [3.8, 4) is 0 Å². The van der Waals surface area contributed by atoms with Crippen LogP contribution in [0.4, 0.5) is 34.1 Å². The highest BCUT2D eigenvalue weighted by molar-refractivity contribution is 5.81. The molecular formula is C29H33N7O2+. The Labute approximate surface area is 223 Å². The SMILES string of the molecule is C[N+](C)(C(=O)OC1=CC[CH]C=C1)c1nc(NC2CCCCC2)nc(N(c2ccccc2)c2ccccn2)n1. The molecule has 2 aliphatic rings. The number of anilines is 4. The summed E-state index contributed by atoms with van der Waals surface area (Å²) in [6.07, 6.45) is 15.1. The number of allylic oxidation sites excluding steroid dienone is 3. The molecule has 0 atom stereocenters. The number of hydrogen-bond acceptors (Lipinski definition) is 8. The highest BCUT2D eigenvalue weighted by Crippen LogP contribution is 2.33. The zero-order chi connectivity index (χ0) is 26.4. The Morgan fingerprint density at radius 2 is 1.79 bits per heavy atom. The number of aromatic nitrogens is 4. The summed E-state index contributed by atoms with van der Waals surface area (Å²) in [6.45, 7) is 0. The minimum Gasteiger partial charge on any atom is -0.381 e. The Balaban J connectivity index is 1.57. The fourth-order valence-corrected chi connectivity index (χ4v) is 4.48. The van der Waals surface area contributed by atoms with Crippen LogP contribution in [0.2, 0.25) is 0 Å². The molecule has 9 heteroatoms. The van der Waals surface area contributed by atoms with E-state index < -0.39 is 6.09 Å². The average molecular weight is 512 g/mol. The lowest BCUT2D eigenvalue weighted by Crippen LogP contribution is -2.48. The zero-order valence-corrected chi connectivity index (χ0v) is 21.8. The topological polar surface area (TPSA) is 93.1 Å². The molecule has 0 aliphatic heterocycles. The summed E-state index contributed by atoms with van der Waals surface area (Å²) >= 11 is 0. The number of pyridine rings is 1. The molecule has 2 aliphatic carbocycles. The van der Waals surface area contributed by atoms with Crippen molar-refractivity contribution in [2.24, 2.45) is 0 Å². The van der Waals surface area contributed by atoms with Crippen LogP contribution in [0.1, 0.15) is 38.5 Å². The summed E-state index contributed by atoms with van der Waals surface area (Å²) in [5, 5.41) is 3.51. The number of para-hydroxylation sites is 1. The van der Waals surface area contributed by atoms with Crippen molar-refractivity contribution in [1.82, 2.24) is 24.4 Å². The summed E-state index contributed by atoms with van der Waals surface area (Å²) in [5.41, 5.74) is 0.841. The van der Waals surface area contributed by atoms with Crippen molar-refractivity contribution in [1.29, 1.82) is 0 Å². The first-order valence-corrected chi connectivity index (χ1v) is 13.1. The molecule has 195 valence electrons. The fourth-order valence-electron chi connectivity index (χ4n) is 4.48. The molecule has 1 fully saturated rings. The molecule has 1 saturated carbocycles. The van der Waals surface area contributed by atoms with Gasteiger partial charge in [0.05, 0.1) is 19.8 Å². The summed E-state index contributed by atoms with van der Waals surface area (Å²) in [4.78, 5) is 34.2. The Hall–Kier alpha value is -4.11. The third-order valence-corrected chi connectivity index (χ3v) is 6.66. The lowest BCUT2D eigenvalue weighted by molar-refractivity contribution is 0.148. The van der Waals surface area contributed by atoms with Crippen LogP contribution in [0.3, 0.4) is 0 Å². The van der Waals surface area contributed by atoms with Gasteiger partial charge in [-0.3, -0.25) is 4.90 Å². The van der Waals surface area contributed by atoms with Crippen LogP contribution >= 0.6 is 0 Å². The number of quaternary nitrogens is 1. The molecule has 2 aromatic heterocycles. The van der Waals surface area contributed by atoms with E-state index in [4.69, 9.17) is 19.7 Å². The first-order valence-electron chi connectivity index (χ1n) is 13.1. The maximum atomic E-state index is 13.4. The third kappa shape index (κ3) is 5.89. The van der Waals surface area contributed by atoms with Crippen LogP contribution in [0.25, 0.3) is 0 Å². The molecule has 5 rings (SSSR count). The van der Waals surface area contributed by atoms with Crippen LogP contribution < -0.4 is 14.7 Å². The lowest BCUT2D eigenvalue weighted by atomic mass is 9.96. The van der Waals surface area contributed by atoms with Gasteiger partial charge in [-0.15, -0.1) is 9.97 Å². The third-order valence-electron chi connectivity index (χ3n) is 6.66. The number of carbonyl (C=O) groups excluding carboxylic acids is 1. The van der Waals surface area contributed by atoms with E-state index in [0.717, 1.165) is 18.5 Å². The molecule has 0 saturated heterocycles. The van der Waals surface area contributed by atoms with Crippen molar-refractivity contribution in [2.75, 3.05) is 24.3 Å². The zero-order valence-electron chi connectivity index (χ0n) is 21.8. The molecule has 1 N–H and O–H groups in total. The summed E-state index contributed by atoms with van der Waals surface area (Å²) in [7, 11) is 3.44. The van der Waals surface area contributed by atoms with E-state index in [1.54, 1.807) is 26.4 Å². The van der Waals surface area contributed by atoms with Gasteiger partial charge in [0.2, 0.25) is 11.9 Å². The van der Waals surface area contributed by atoms with E-state index in [1.165, 1.54) is 19.3 Å². The number of nitrogens with one attached hydrogen (secondary N) is 1. The molecule has 0 unspecified atom stereocenters. The van der Waals surface area contributed by atoms with Gasteiger partial charge in [0.25, 0.3) is 0 Å². The van der Waals surface area contributed by atoms with Gasteiger partial charge in [-0.1, -0.05) is 49.6 Å². The maximum absolute atomic E-state index is 13.4. The van der Waals surface area contributed by atoms with Gasteiger partial charge in [-0.2, -0.15) is 14.3 Å². The number of hydrogen-bond donors (Lipinski definition) is 1. The van der Waals surface area contributed by atoms with Crippen LogP contribution in [0.15, 0.2) is 78.7 Å². The molecule has 3 aromatic rings.